The van der Waals surface area contributed by atoms with Crippen molar-refractivity contribution in [3.05, 3.63) is 75.8 Å². The Bertz CT molecular complexity index is 883. The molecule has 0 aliphatic rings. The van der Waals surface area contributed by atoms with Gasteiger partial charge in [0, 0.05) is 18.3 Å². The maximum atomic E-state index is 11.6. The Balaban J connectivity index is 1.78. The molecule has 0 unspecified atom stereocenters. The van der Waals surface area contributed by atoms with Crippen LogP contribution in [0.2, 0.25) is 0 Å². The van der Waals surface area contributed by atoms with Gasteiger partial charge in [-0.15, -0.1) is 0 Å². The lowest BCUT2D eigenvalue weighted by molar-refractivity contribution is -0.384. The van der Waals surface area contributed by atoms with E-state index >= 15 is 0 Å². The van der Waals surface area contributed by atoms with E-state index in [-0.39, 0.29) is 12.3 Å². The second-order valence-corrected chi connectivity index (χ2v) is 4.92. The highest BCUT2D eigenvalue weighted by Crippen LogP contribution is 2.16. The third kappa shape index (κ3) is 5.58. The first kappa shape index (κ1) is 18.4. The molecule has 2 aromatic carbocycles. The largest absolute Gasteiger partial charge is 0.482 e. The minimum Gasteiger partial charge on any atom is -0.482 e. The molecule has 0 aromatic heterocycles. The highest BCUT2D eigenvalue weighted by Gasteiger charge is 2.05. The predicted octanol–water partition coefficient (Wildman–Crippen LogP) is 2.66. The zero-order valence-electron chi connectivity index (χ0n) is 13.5. The number of allylic oxidation sites excluding steroid dienone is 1. The van der Waals surface area contributed by atoms with Gasteiger partial charge < -0.3 is 4.74 Å². The molecule has 26 heavy (non-hydrogen) atoms. The van der Waals surface area contributed by atoms with Crippen molar-refractivity contribution in [1.82, 2.24) is 5.43 Å². The molecule has 130 valence electrons. The summed E-state index contributed by atoms with van der Waals surface area (Å²) >= 11 is 0. The summed E-state index contributed by atoms with van der Waals surface area (Å²) in [6.07, 6.45) is 4.62. The molecule has 0 spiro atoms. The molecule has 8 heteroatoms. The first-order chi connectivity index (χ1) is 12.6. The molecule has 0 bridgehead atoms. The van der Waals surface area contributed by atoms with Crippen LogP contribution in [0.1, 0.15) is 11.1 Å². The Kier molecular flexibility index (Phi) is 6.59. The Morgan fingerprint density at radius 3 is 2.69 bits per heavy atom. The van der Waals surface area contributed by atoms with Gasteiger partial charge in [-0.3, -0.25) is 14.9 Å². The Hall–Kier alpha value is -3.99. The van der Waals surface area contributed by atoms with Crippen LogP contribution in [0.4, 0.5) is 5.69 Å². The van der Waals surface area contributed by atoms with E-state index in [0.717, 1.165) is 5.56 Å². The smallest absolute Gasteiger partial charge is 0.277 e. The van der Waals surface area contributed by atoms with E-state index in [1.807, 2.05) is 6.07 Å². The van der Waals surface area contributed by atoms with Crippen molar-refractivity contribution >= 4 is 23.9 Å². The van der Waals surface area contributed by atoms with Crippen molar-refractivity contribution < 1.29 is 14.5 Å². The first-order valence-corrected chi connectivity index (χ1v) is 7.45. The number of hydrogen-bond donors (Lipinski definition) is 1. The number of carbonyl (C=O) groups excluding carboxylic acids is 1. The number of nitro benzene ring substituents is 1. The van der Waals surface area contributed by atoms with Crippen molar-refractivity contribution in [2.75, 3.05) is 6.61 Å². The summed E-state index contributed by atoms with van der Waals surface area (Å²) in [5, 5.41) is 23.2. The van der Waals surface area contributed by atoms with Crippen LogP contribution in [0, 0.1) is 21.4 Å². The highest BCUT2D eigenvalue weighted by atomic mass is 16.6. The van der Waals surface area contributed by atoms with Crippen LogP contribution in [0.5, 0.6) is 5.75 Å². The molecular weight excluding hydrogens is 336 g/mol. The number of nitrogens with zero attached hydrogens (tertiary/aromatic N) is 3. The fraction of sp³-hybridized carbons (Fsp3) is 0.0556. The van der Waals surface area contributed by atoms with Crippen LogP contribution >= 0.6 is 0 Å². The van der Waals surface area contributed by atoms with Gasteiger partial charge in [0.1, 0.15) is 11.8 Å². The van der Waals surface area contributed by atoms with Gasteiger partial charge in [0.2, 0.25) is 0 Å². The van der Waals surface area contributed by atoms with Gasteiger partial charge >= 0.3 is 0 Å². The summed E-state index contributed by atoms with van der Waals surface area (Å²) in [6.45, 7) is -0.276. The third-order valence-electron chi connectivity index (χ3n) is 3.11. The summed E-state index contributed by atoms with van der Waals surface area (Å²) in [4.78, 5) is 21.7. The number of para-hydroxylation sites is 1. The monoisotopic (exact) mass is 350 g/mol. The van der Waals surface area contributed by atoms with Gasteiger partial charge in [0.05, 0.1) is 10.5 Å². The molecule has 0 saturated heterocycles. The molecule has 0 radical (unpaired) electrons. The second kappa shape index (κ2) is 9.34. The van der Waals surface area contributed by atoms with E-state index in [1.165, 1.54) is 18.3 Å². The fourth-order valence-electron chi connectivity index (χ4n) is 1.87. The van der Waals surface area contributed by atoms with Crippen LogP contribution < -0.4 is 10.2 Å². The zero-order valence-corrected chi connectivity index (χ0v) is 13.5. The fourth-order valence-corrected chi connectivity index (χ4v) is 1.87. The highest BCUT2D eigenvalue weighted by molar-refractivity contribution is 5.82. The van der Waals surface area contributed by atoms with Crippen LogP contribution in [0.3, 0.4) is 0 Å². The Morgan fingerprint density at radius 2 is 2.00 bits per heavy atom. The summed E-state index contributed by atoms with van der Waals surface area (Å²) in [5.41, 5.74) is 3.39. The van der Waals surface area contributed by atoms with Gasteiger partial charge in [-0.25, -0.2) is 5.43 Å². The van der Waals surface area contributed by atoms with Crippen molar-refractivity contribution in [2.45, 2.75) is 0 Å². The summed E-state index contributed by atoms with van der Waals surface area (Å²) in [5.74, 6) is -0.148. The molecule has 0 fully saturated rings. The lowest BCUT2D eigenvalue weighted by atomic mass is 10.2. The molecule has 2 rings (SSSR count). The van der Waals surface area contributed by atoms with E-state index < -0.39 is 10.8 Å². The SMILES string of the molecule is N#Cc1ccccc1OCC(=O)N/N=C/C=C/c1ccc([N+](=O)[O-])cc1. The number of nitro groups is 1. The summed E-state index contributed by atoms with van der Waals surface area (Å²) in [6, 6.07) is 14.6. The number of carbonyl (C=O) groups is 1. The van der Waals surface area contributed by atoms with Crippen LogP contribution in [-0.4, -0.2) is 23.7 Å². The van der Waals surface area contributed by atoms with Gasteiger partial charge in [0.15, 0.2) is 6.61 Å². The number of non-ortho nitro benzene ring substituents is 1. The number of ether oxygens (including phenoxy) is 1. The average molecular weight is 350 g/mol. The van der Waals surface area contributed by atoms with E-state index in [9.17, 15) is 14.9 Å². The van der Waals surface area contributed by atoms with Gasteiger partial charge in [0.25, 0.3) is 11.6 Å². The van der Waals surface area contributed by atoms with Crippen LogP contribution in [0.25, 0.3) is 6.08 Å². The second-order valence-electron chi connectivity index (χ2n) is 4.92. The standard InChI is InChI=1S/C18H14N4O4/c19-12-15-5-1-2-6-17(15)26-13-18(23)21-20-11-3-4-14-7-9-16(10-8-14)22(24)25/h1-11H,13H2,(H,21,23)/b4-3+,20-11+. The quantitative estimate of drug-likeness (QED) is 0.468. The zero-order chi connectivity index (χ0) is 18.8. The minimum atomic E-state index is -0.474. The van der Waals surface area contributed by atoms with Crippen LogP contribution in [0.15, 0.2) is 59.7 Å². The maximum Gasteiger partial charge on any atom is 0.277 e. The molecular formula is C18H14N4O4. The molecule has 8 nitrogen and oxygen atoms in total. The van der Waals surface area contributed by atoms with E-state index in [1.54, 1.807) is 48.6 Å². The maximum absolute atomic E-state index is 11.6. The lowest BCUT2D eigenvalue weighted by Gasteiger charge is -2.05. The lowest BCUT2D eigenvalue weighted by Crippen LogP contribution is -2.24. The third-order valence-corrected chi connectivity index (χ3v) is 3.11. The van der Waals surface area contributed by atoms with Gasteiger partial charge in [-0.2, -0.15) is 10.4 Å². The topological polar surface area (TPSA) is 118 Å². The summed E-state index contributed by atoms with van der Waals surface area (Å²) < 4.78 is 5.27. The van der Waals surface area contributed by atoms with Gasteiger partial charge in [-0.1, -0.05) is 18.2 Å². The number of nitrogens with one attached hydrogen (secondary N) is 1. The summed E-state index contributed by atoms with van der Waals surface area (Å²) in [7, 11) is 0. The molecule has 2 aromatic rings. The normalized spacial score (nSPS) is 10.6. The molecule has 1 N–H and O–H groups in total. The number of nitriles is 1. The predicted molar refractivity (Wildman–Crippen MR) is 95.4 cm³/mol. The Morgan fingerprint density at radius 1 is 1.27 bits per heavy atom. The molecule has 0 atom stereocenters. The van der Waals surface area contributed by atoms with Crippen molar-refractivity contribution in [3.8, 4) is 11.8 Å². The molecule has 0 saturated carbocycles. The van der Waals surface area contributed by atoms with Crippen molar-refractivity contribution in [2.24, 2.45) is 5.10 Å². The van der Waals surface area contributed by atoms with Crippen molar-refractivity contribution in [3.63, 3.8) is 0 Å². The van der Waals surface area contributed by atoms with Crippen molar-refractivity contribution in [1.29, 1.82) is 5.26 Å². The number of hydrazone groups is 1. The molecule has 1 amide bonds. The number of benzene rings is 2. The number of rotatable bonds is 7. The first-order valence-electron chi connectivity index (χ1n) is 7.45. The van der Waals surface area contributed by atoms with Crippen LogP contribution in [-0.2, 0) is 4.79 Å². The molecule has 0 heterocycles. The van der Waals surface area contributed by atoms with Gasteiger partial charge in [-0.05, 0) is 35.9 Å². The van der Waals surface area contributed by atoms with E-state index in [4.69, 9.17) is 10.00 Å². The number of hydrogen-bond acceptors (Lipinski definition) is 6. The van der Waals surface area contributed by atoms with E-state index in [2.05, 4.69) is 10.5 Å². The molecule has 0 aliphatic heterocycles. The minimum absolute atomic E-state index is 0.0149. The van der Waals surface area contributed by atoms with E-state index in [0.29, 0.717) is 11.3 Å². The average Bonchev–Trinajstić information content (AvgIpc) is 2.66. The number of amides is 1. The Labute approximate surface area is 149 Å². The molecule has 0 aliphatic carbocycles.